The second-order valence-electron chi connectivity index (χ2n) is 7.00. The molecule has 0 atom stereocenters. The van der Waals surface area contributed by atoms with Crippen LogP contribution in [-0.2, 0) is 11.2 Å². The first-order chi connectivity index (χ1) is 13.6. The minimum Gasteiger partial charge on any atom is -0.493 e. The van der Waals surface area contributed by atoms with E-state index in [1.165, 1.54) is 26.0 Å². The van der Waals surface area contributed by atoms with Gasteiger partial charge in [-0.15, -0.1) is 0 Å². The fourth-order valence-electron chi connectivity index (χ4n) is 3.70. The van der Waals surface area contributed by atoms with E-state index in [2.05, 4.69) is 15.7 Å². The van der Waals surface area contributed by atoms with Crippen LogP contribution < -0.4 is 19.3 Å². The van der Waals surface area contributed by atoms with E-state index >= 15 is 0 Å². The number of hydrogen-bond acceptors (Lipinski definition) is 4. The highest BCUT2D eigenvalue weighted by Gasteiger charge is 2.35. The molecule has 1 aliphatic heterocycles. The maximum atomic E-state index is 13.0. The molecule has 1 saturated carbocycles. The van der Waals surface area contributed by atoms with Crippen molar-refractivity contribution in [2.75, 3.05) is 30.0 Å². The van der Waals surface area contributed by atoms with E-state index in [0.717, 1.165) is 17.9 Å². The first-order valence-electron chi connectivity index (χ1n) is 9.34. The summed E-state index contributed by atoms with van der Waals surface area (Å²) < 4.78 is 34.8. The number of hydrogen-bond donors (Lipinski definition) is 0. The molecule has 28 heavy (non-hydrogen) atoms. The molecular formula is C21H22F2N2O3. The van der Waals surface area contributed by atoms with Crippen LogP contribution in [0.4, 0.5) is 20.2 Å². The molecular weight excluding hydrogens is 366 g/mol. The third kappa shape index (κ3) is 3.74. The lowest BCUT2D eigenvalue weighted by Crippen LogP contribution is -2.45. The number of rotatable bonds is 6. The van der Waals surface area contributed by atoms with Crippen molar-refractivity contribution in [3.63, 3.8) is 0 Å². The van der Waals surface area contributed by atoms with Gasteiger partial charge in [-0.05, 0) is 42.7 Å². The summed E-state index contributed by atoms with van der Waals surface area (Å²) in [5.74, 6) is 0.0673. The number of para-hydroxylation sites is 2. The highest BCUT2D eigenvalue weighted by Crippen LogP contribution is 2.40. The largest absolute Gasteiger partial charge is 0.493 e. The average Bonchev–Trinajstić information content (AvgIpc) is 3.52. The topological polar surface area (TPSA) is 42.0 Å². The number of fused-ring (bicyclic) bond motifs is 1. The summed E-state index contributed by atoms with van der Waals surface area (Å²) in [5, 5.41) is 0. The zero-order valence-electron chi connectivity index (χ0n) is 15.6. The molecule has 0 saturated heterocycles. The Labute approximate surface area is 162 Å². The second-order valence-corrected chi connectivity index (χ2v) is 7.00. The molecule has 1 fully saturated rings. The molecule has 2 aromatic carbocycles. The molecule has 0 bridgehead atoms. The van der Waals surface area contributed by atoms with Crippen LogP contribution in [0.25, 0.3) is 0 Å². The van der Waals surface area contributed by atoms with Crippen LogP contribution in [-0.4, -0.2) is 38.8 Å². The third-order valence-corrected chi connectivity index (χ3v) is 5.13. The van der Waals surface area contributed by atoms with Crippen molar-refractivity contribution in [2.45, 2.75) is 31.9 Å². The van der Waals surface area contributed by atoms with E-state index in [0.29, 0.717) is 18.2 Å². The number of alkyl halides is 2. The van der Waals surface area contributed by atoms with Crippen molar-refractivity contribution in [3.8, 4) is 11.5 Å². The fraction of sp³-hybridized carbons (Fsp3) is 0.381. The summed E-state index contributed by atoms with van der Waals surface area (Å²) in [6.45, 7) is -1.54. The van der Waals surface area contributed by atoms with Crippen LogP contribution in [0.1, 0.15) is 18.4 Å². The number of nitrogens with zero attached hydrogens (tertiary/aromatic N) is 2. The molecule has 0 spiro atoms. The number of benzene rings is 2. The molecule has 2 aromatic rings. The summed E-state index contributed by atoms with van der Waals surface area (Å²) in [5.41, 5.74) is 2.59. The minimum absolute atomic E-state index is 0.0678. The van der Waals surface area contributed by atoms with Gasteiger partial charge in [0.1, 0.15) is 0 Å². The molecule has 2 aliphatic rings. The minimum atomic E-state index is -2.96. The van der Waals surface area contributed by atoms with Gasteiger partial charge in [0.25, 0.3) is 0 Å². The van der Waals surface area contributed by atoms with E-state index in [4.69, 9.17) is 4.74 Å². The lowest BCUT2D eigenvalue weighted by molar-refractivity contribution is -0.118. The van der Waals surface area contributed by atoms with Gasteiger partial charge in [-0.2, -0.15) is 8.78 Å². The molecule has 5 nitrogen and oxygen atoms in total. The Morgan fingerprint density at radius 3 is 2.54 bits per heavy atom. The van der Waals surface area contributed by atoms with Crippen LogP contribution in [0.3, 0.4) is 0 Å². The van der Waals surface area contributed by atoms with Gasteiger partial charge in [0.05, 0.1) is 24.9 Å². The van der Waals surface area contributed by atoms with Gasteiger partial charge in [-0.3, -0.25) is 4.79 Å². The molecule has 4 rings (SSSR count). The SMILES string of the molecule is COc1ccc(CC(=O)N2CCN(C3CC3)c3ccccc32)cc1OC(F)F. The van der Waals surface area contributed by atoms with Crippen molar-refractivity contribution in [2.24, 2.45) is 0 Å². The number of ether oxygens (including phenoxy) is 2. The number of carbonyl (C=O) groups is 1. The van der Waals surface area contributed by atoms with Gasteiger partial charge < -0.3 is 19.3 Å². The molecule has 7 heteroatoms. The van der Waals surface area contributed by atoms with E-state index in [1.54, 1.807) is 17.0 Å². The van der Waals surface area contributed by atoms with Crippen molar-refractivity contribution in [1.29, 1.82) is 0 Å². The summed E-state index contributed by atoms with van der Waals surface area (Å²) in [7, 11) is 1.38. The van der Waals surface area contributed by atoms with Gasteiger partial charge in [-0.25, -0.2) is 0 Å². The summed E-state index contributed by atoms with van der Waals surface area (Å²) >= 11 is 0. The number of halogens is 2. The van der Waals surface area contributed by atoms with E-state index in [-0.39, 0.29) is 23.8 Å². The molecule has 1 aliphatic carbocycles. The number of methoxy groups -OCH3 is 1. The summed E-state index contributed by atoms with van der Waals surface area (Å²) in [6, 6.07) is 13.2. The zero-order valence-corrected chi connectivity index (χ0v) is 15.6. The highest BCUT2D eigenvalue weighted by atomic mass is 19.3. The normalized spacial score (nSPS) is 16.1. The predicted octanol–water partition coefficient (Wildman–Crippen LogP) is 3.85. The Bertz CT molecular complexity index is 870. The van der Waals surface area contributed by atoms with Crippen molar-refractivity contribution < 1.29 is 23.0 Å². The molecule has 1 heterocycles. The molecule has 0 N–H and O–H groups in total. The van der Waals surface area contributed by atoms with E-state index in [1.807, 2.05) is 18.2 Å². The number of amides is 1. The predicted molar refractivity (Wildman–Crippen MR) is 102 cm³/mol. The first kappa shape index (κ1) is 18.5. The number of anilines is 2. The Kier molecular flexibility index (Phi) is 5.07. The van der Waals surface area contributed by atoms with Crippen LogP contribution in [0.2, 0.25) is 0 Å². The Morgan fingerprint density at radius 2 is 1.86 bits per heavy atom. The van der Waals surface area contributed by atoms with Gasteiger partial charge in [-0.1, -0.05) is 18.2 Å². The quantitative estimate of drug-likeness (QED) is 0.754. The lowest BCUT2D eigenvalue weighted by atomic mass is 10.1. The van der Waals surface area contributed by atoms with Crippen molar-refractivity contribution >= 4 is 17.3 Å². The van der Waals surface area contributed by atoms with Crippen molar-refractivity contribution in [3.05, 3.63) is 48.0 Å². The summed E-state index contributed by atoms with van der Waals surface area (Å²) in [4.78, 5) is 17.2. The Morgan fingerprint density at radius 1 is 1.11 bits per heavy atom. The summed E-state index contributed by atoms with van der Waals surface area (Å²) in [6.07, 6.45) is 2.49. The van der Waals surface area contributed by atoms with Gasteiger partial charge >= 0.3 is 6.61 Å². The van der Waals surface area contributed by atoms with Gasteiger partial charge in [0.15, 0.2) is 11.5 Å². The second kappa shape index (κ2) is 7.66. The monoisotopic (exact) mass is 388 g/mol. The van der Waals surface area contributed by atoms with Crippen LogP contribution in [0.5, 0.6) is 11.5 Å². The smallest absolute Gasteiger partial charge is 0.387 e. The molecule has 0 radical (unpaired) electrons. The van der Waals surface area contributed by atoms with Crippen LogP contribution >= 0.6 is 0 Å². The maximum absolute atomic E-state index is 13.0. The Balaban J connectivity index is 1.54. The maximum Gasteiger partial charge on any atom is 0.387 e. The van der Waals surface area contributed by atoms with Crippen LogP contribution in [0, 0.1) is 0 Å². The number of carbonyl (C=O) groups excluding carboxylic acids is 1. The molecule has 0 unspecified atom stereocenters. The lowest BCUT2D eigenvalue weighted by Gasteiger charge is -2.38. The average molecular weight is 388 g/mol. The standard InChI is InChI=1S/C21H22F2N2O3/c1-27-18-9-6-14(12-19(18)28-21(22)23)13-20(26)25-11-10-24(15-7-8-15)16-4-2-3-5-17(16)25/h2-6,9,12,15,21H,7-8,10-11,13H2,1H3. The van der Waals surface area contributed by atoms with Crippen molar-refractivity contribution in [1.82, 2.24) is 0 Å². The highest BCUT2D eigenvalue weighted by molar-refractivity contribution is 5.99. The Hall–Kier alpha value is -2.83. The zero-order chi connectivity index (χ0) is 19.7. The van der Waals surface area contributed by atoms with E-state index in [9.17, 15) is 13.6 Å². The van der Waals surface area contributed by atoms with Gasteiger partial charge in [0.2, 0.25) is 5.91 Å². The molecule has 148 valence electrons. The van der Waals surface area contributed by atoms with Crippen LogP contribution in [0.15, 0.2) is 42.5 Å². The fourth-order valence-corrected chi connectivity index (χ4v) is 3.70. The van der Waals surface area contributed by atoms with Gasteiger partial charge in [0, 0.05) is 19.1 Å². The first-order valence-corrected chi connectivity index (χ1v) is 9.34. The molecule has 1 amide bonds. The van der Waals surface area contributed by atoms with E-state index < -0.39 is 6.61 Å². The molecule has 0 aromatic heterocycles. The third-order valence-electron chi connectivity index (χ3n) is 5.13.